The number of amides is 2. The first-order chi connectivity index (χ1) is 9.61. The van der Waals surface area contributed by atoms with E-state index in [1.165, 1.54) is 13.2 Å². The summed E-state index contributed by atoms with van der Waals surface area (Å²) in [6, 6.07) is 9.98. The average Bonchev–Trinajstić information content (AvgIpc) is 3.02. The van der Waals surface area contributed by atoms with Gasteiger partial charge in [-0.2, -0.15) is 0 Å². The number of rotatable bonds is 1. The van der Waals surface area contributed by atoms with Gasteiger partial charge in [0.1, 0.15) is 0 Å². The van der Waals surface area contributed by atoms with Crippen molar-refractivity contribution >= 4 is 28.8 Å². The molecule has 0 saturated carbocycles. The van der Waals surface area contributed by atoms with Gasteiger partial charge in [0.2, 0.25) is 5.91 Å². The van der Waals surface area contributed by atoms with Crippen molar-refractivity contribution in [1.29, 1.82) is 0 Å². The van der Waals surface area contributed by atoms with E-state index < -0.39 is 11.8 Å². The van der Waals surface area contributed by atoms with Crippen LogP contribution in [0, 0.1) is 0 Å². The Hall–Kier alpha value is -2.82. The molecule has 1 aromatic heterocycles. The number of anilines is 1. The van der Waals surface area contributed by atoms with Crippen molar-refractivity contribution in [2.24, 2.45) is 0 Å². The zero-order valence-electron chi connectivity index (χ0n) is 10.7. The van der Waals surface area contributed by atoms with Gasteiger partial charge in [-0.05, 0) is 18.2 Å². The van der Waals surface area contributed by atoms with Crippen LogP contribution in [0.15, 0.2) is 47.1 Å². The van der Waals surface area contributed by atoms with Crippen LogP contribution in [0.2, 0.25) is 0 Å². The minimum Gasteiger partial charge on any atom is -0.504 e. The third-order valence-corrected chi connectivity index (χ3v) is 3.14. The highest BCUT2D eigenvalue weighted by atomic mass is 16.4. The summed E-state index contributed by atoms with van der Waals surface area (Å²) in [5, 5.41) is 10.3. The number of carbonyl (C=O) groups excluding carboxylic acids is 2. The van der Waals surface area contributed by atoms with E-state index in [0.29, 0.717) is 11.3 Å². The second kappa shape index (κ2) is 4.38. The van der Waals surface area contributed by atoms with Crippen LogP contribution >= 0.6 is 0 Å². The molecule has 100 valence electrons. The molecule has 2 heterocycles. The number of aliphatic hydroxyl groups is 1. The minimum atomic E-state index is -0.549. The topological polar surface area (TPSA) is 70.8 Å². The van der Waals surface area contributed by atoms with Gasteiger partial charge in [0.25, 0.3) is 5.91 Å². The minimum absolute atomic E-state index is 0.0748. The summed E-state index contributed by atoms with van der Waals surface area (Å²) >= 11 is 0. The van der Waals surface area contributed by atoms with Crippen molar-refractivity contribution in [2.75, 3.05) is 4.90 Å². The Bertz CT molecular complexity index is 728. The standard InChI is InChI=1S/C15H11NO4/c1-9(17)16-11-6-3-2-5-10(11)13(15(16)19)14(18)12-7-4-8-20-12/h2-8,18H,1H3. The largest absolute Gasteiger partial charge is 0.504 e. The van der Waals surface area contributed by atoms with Crippen molar-refractivity contribution in [3.05, 3.63) is 54.0 Å². The van der Waals surface area contributed by atoms with Crippen LogP contribution < -0.4 is 4.90 Å². The molecule has 3 rings (SSSR count). The molecule has 2 aromatic rings. The molecule has 0 aliphatic carbocycles. The summed E-state index contributed by atoms with van der Waals surface area (Å²) in [5.74, 6) is -1.03. The van der Waals surface area contributed by atoms with E-state index in [4.69, 9.17) is 4.42 Å². The van der Waals surface area contributed by atoms with Crippen LogP contribution in [0.3, 0.4) is 0 Å². The van der Waals surface area contributed by atoms with Crippen LogP contribution in [-0.2, 0) is 9.59 Å². The lowest BCUT2D eigenvalue weighted by Crippen LogP contribution is -2.31. The number of benzene rings is 1. The maximum absolute atomic E-state index is 12.4. The highest BCUT2D eigenvalue weighted by molar-refractivity contribution is 6.42. The fourth-order valence-electron chi connectivity index (χ4n) is 2.29. The number of aliphatic hydroxyl groups excluding tert-OH is 1. The van der Waals surface area contributed by atoms with Crippen molar-refractivity contribution < 1.29 is 19.1 Å². The van der Waals surface area contributed by atoms with Gasteiger partial charge in [-0.1, -0.05) is 18.2 Å². The second-order valence-electron chi connectivity index (χ2n) is 4.38. The van der Waals surface area contributed by atoms with Gasteiger partial charge in [-0.15, -0.1) is 0 Å². The Morgan fingerprint density at radius 1 is 1.20 bits per heavy atom. The van der Waals surface area contributed by atoms with E-state index in [1.54, 1.807) is 36.4 Å². The van der Waals surface area contributed by atoms with Gasteiger partial charge >= 0.3 is 0 Å². The number of nitrogens with zero attached hydrogens (tertiary/aromatic N) is 1. The first-order valence-corrected chi connectivity index (χ1v) is 6.03. The number of para-hydroxylation sites is 1. The zero-order valence-corrected chi connectivity index (χ0v) is 10.7. The SMILES string of the molecule is CC(=O)N1C(=O)C(=C(O)c2ccco2)c2ccccc21. The molecule has 0 bridgehead atoms. The number of hydrogen-bond acceptors (Lipinski definition) is 4. The lowest BCUT2D eigenvalue weighted by molar-refractivity contribution is -0.122. The van der Waals surface area contributed by atoms with Gasteiger partial charge in [0.05, 0.1) is 17.5 Å². The van der Waals surface area contributed by atoms with Gasteiger partial charge in [-0.25, -0.2) is 4.90 Å². The lowest BCUT2D eigenvalue weighted by atomic mass is 10.1. The molecule has 0 unspecified atom stereocenters. The number of imide groups is 1. The first-order valence-electron chi connectivity index (χ1n) is 6.03. The van der Waals surface area contributed by atoms with Crippen LogP contribution in [0.25, 0.3) is 11.3 Å². The first kappa shape index (κ1) is 12.2. The molecule has 0 spiro atoms. The lowest BCUT2D eigenvalue weighted by Gasteiger charge is -2.11. The smallest absolute Gasteiger partial charge is 0.269 e. The average molecular weight is 269 g/mol. The third-order valence-electron chi connectivity index (χ3n) is 3.14. The normalized spacial score (nSPS) is 16.2. The Balaban J connectivity index is 2.26. The third kappa shape index (κ3) is 1.64. The molecule has 5 nitrogen and oxygen atoms in total. The molecule has 0 radical (unpaired) electrons. The van der Waals surface area contributed by atoms with Crippen molar-refractivity contribution in [2.45, 2.75) is 6.92 Å². The highest BCUT2D eigenvalue weighted by Gasteiger charge is 2.37. The summed E-state index contributed by atoms with van der Waals surface area (Å²) < 4.78 is 5.10. The van der Waals surface area contributed by atoms with E-state index in [1.807, 2.05) is 0 Å². The predicted octanol–water partition coefficient (Wildman–Crippen LogP) is 2.60. The van der Waals surface area contributed by atoms with Crippen LogP contribution in [0.5, 0.6) is 0 Å². The number of fused-ring (bicyclic) bond motifs is 1. The zero-order chi connectivity index (χ0) is 14.3. The number of hydrogen-bond donors (Lipinski definition) is 1. The van der Waals surface area contributed by atoms with Crippen LogP contribution in [0.1, 0.15) is 18.2 Å². The molecule has 1 aliphatic heterocycles. The Kier molecular flexibility index (Phi) is 2.68. The maximum atomic E-state index is 12.4. The van der Waals surface area contributed by atoms with Crippen molar-refractivity contribution in [1.82, 2.24) is 0 Å². The van der Waals surface area contributed by atoms with Gasteiger partial charge in [-0.3, -0.25) is 9.59 Å². The van der Waals surface area contributed by atoms with E-state index in [-0.39, 0.29) is 17.1 Å². The Labute approximate surface area is 114 Å². The van der Waals surface area contributed by atoms with E-state index in [2.05, 4.69) is 0 Å². The van der Waals surface area contributed by atoms with Crippen molar-refractivity contribution in [3.63, 3.8) is 0 Å². The van der Waals surface area contributed by atoms with Gasteiger partial charge < -0.3 is 9.52 Å². The summed E-state index contributed by atoms with van der Waals surface area (Å²) in [6.45, 7) is 1.31. The molecule has 0 fully saturated rings. The summed E-state index contributed by atoms with van der Waals surface area (Å²) in [5.41, 5.74) is 1.06. The quantitative estimate of drug-likeness (QED) is 0.638. The fraction of sp³-hybridized carbons (Fsp3) is 0.0667. The Morgan fingerprint density at radius 3 is 2.60 bits per heavy atom. The predicted molar refractivity (Wildman–Crippen MR) is 72.8 cm³/mol. The highest BCUT2D eigenvalue weighted by Crippen LogP contribution is 2.39. The summed E-state index contributed by atoms with van der Waals surface area (Å²) in [7, 11) is 0. The molecular weight excluding hydrogens is 258 g/mol. The number of carbonyl (C=O) groups is 2. The molecule has 2 amide bonds. The second-order valence-corrected chi connectivity index (χ2v) is 4.38. The van der Waals surface area contributed by atoms with Crippen LogP contribution in [-0.4, -0.2) is 16.9 Å². The number of furan rings is 1. The Morgan fingerprint density at radius 2 is 1.95 bits per heavy atom. The molecular formula is C15H11NO4. The fourth-order valence-corrected chi connectivity index (χ4v) is 2.29. The van der Waals surface area contributed by atoms with E-state index in [0.717, 1.165) is 4.90 Å². The molecule has 1 aliphatic rings. The van der Waals surface area contributed by atoms with Crippen LogP contribution in [0.4, 0.5) is 5.69 Å². The summed E-state index contributed by atoms with van der Waals surface area (Å²) in [4.78, 5) is 25.1. The molecule has 20 heavy (non-hydrogen) atoms. The van der Waals surface area contributed by atoms with Gasteiger partial charge in [0, 0.05) is 12.5 Å². The van der Waals surface area contributed by atoms with E-state index in [9.17, 15) is 14.7 Å². The molecule has 0 saturated heterocycles. The molecule has 1 N–H and O–H groups in total. The molecule has 5 heteroatoms. The van der Waals surface area contributed by atoms with Crippen molar-refractivity contribution in [3.8, 4) is 0 Å². The maximum Gasteiger partial charge on any atom is 0.269 e. The van der Waals surface area contributed by atoms with Gasteiger partial charge in [0.15, 0.2) is 11.5 Å². The molecule has 1 aromatic carbocycles. The van der Waals surface area contributed by atoms with E-state index >= 15 is 0 Å². The monoisotopic (exact) mass is 269 g/mol. The summed E-state index contributed by atoms with van der Waals surface area (Å²) in [6.07, 6.45) is 1.40. The molecule has 0 atom stereocenters.